The molecule has 0 bridgehead atoms. The van der Waals surface area contributed by atoms with Crippen LogP contribution in [0, 0.1) is 0 Å². The molecule has 1 unspecified atom stereocenters. The summed E-state index contributed by atoms with van der Waals surface area (Å²) < 4.78 is 32.0. The molecule has 1 rings (SSSR count). The molecule has 19 heavy (non-hydrogen) atoms. The van der Waals surface area contributed by atoms with E-state index in [-0.39, 0.29) is 23.3 Å². The summed E-state index contributed by atoms with van der Waals surface area (Å²) in [5.74, 6) is 0.203. The molecule has 0 aliphatic rings. The third-order valence-electron chi connectivity index (χ3n) is 2.57. The lowest BCUT2D eigenvalue weighted by atomic mass is 10.2. The number of ether oxygens (including phenoxy) is 1. The topological polar surface area (TPSA) is 75.6 Å². The zero-order chi connectivity index (χ0) is 14.5. The molecule has 0 aliphatic heterocycles. The molecule has 0 saturated heterocycles. The van der Waals surface area contributed by atoms with Gasteiger partial charge >= 0.3 is 0 Å². The second kappa shape index (κ2) is 7.09. The fourth-order valence-corrected chi connectivity index (χ4v) is 3.24. The molecule has 0 radical (unpaired) electrons. The van der Waals surface area contributed by atoms with E-state index in [1.807, 2.05) is 0 Å². The summed E-state index contributed by atoms with van der Waals surface area (Å²) >= 11 is 5.80. The molecule has 1 aromatic rings. The van der Waals surface area contributed by atoms with Gasteiger partial charge in [-0.05, 0) is 31.9 Å². The first-order chi connectivity index (χ1) is 8.90. The molecule has 0 fully saturated rings. The molecule has 108 valence electrons. The van der Waals surface area contributed by atoms with E-state index >= 15 is 0 Å². The third-order valence-corrected chi connectivity index (χ3v) is 4.43. The fourth-order valence-electron chi connectivity index (χ4n) is 1.65. The highest BCUT2D eigenvalue weighted by Crippen LogP contribution is 2.27. The minimum Gasteiger partial charge on any atom is -0.495 e. The number of halogens is 1. The van der Waals surface area contributed by atoms with Crippen LogP contribution in [0.4, 0.5) is 0 Å². The molecule has 0 spiro atoms. The molecule has 0 heterocycles. The van der Waals surface area contributed by atoms with E-state index in [0.717, 1.165) is 0 Å². The van der Waals surface area contributed by atoms with Crippen molar-refractivity contribution >= 4 is 21.6 Å². The average Bonchev–Trinajstić information content (AvgIpc) is 2.35. The zero-order valence-corrected chi connectivity index (χ0v) is 12.5. The lowest BCUT2D eigenvalue weighted by Gasteiger charge is -2.15. The zero-order valence-electron chi connectivity index (χ0n) is 10.9. The van der Waals surface area contributed by atoms with Crippen molar-refractivity contribution in [1.29, 1.82) is 0 Å². The lowest BCUT2D eigenvalue weighted by molar-refractivity contribution is 0.279. The number of benzene rings is 1. The minimum absolute atomic E-state index is 0.0380. The van der Waals surface area contributed by atoms with E-state index in [0.29, 0.717) is 17.9 Å². The maximum absolute atomic E-state index is 12.2. The molecule has 0 saturated carbocycles. The van der Waals surface area contributed by atoms with Gasteiger partial charge in [-0.3, -0.25) is 0 Å². The van der Waals surface area contributed by atoms with Crippen LogP contribution in [0.25, 0.3) is 0 Å². The Labute approximate surface area is 118 Å². The molecular formula is C12H18ClNO4S. The highest BCUT2D eigenvalue weighted by atomic mass is 35.5. The van der Waals surface area contributed by atoms with Crippen molar-refractivity contribution < 1.29 is 18.3 Å². The summed E-state index contributed by atoms with van der Waals surface area (Å²) in [6, 6.07) is 4.09. The molecule has 0 aliphatic carbocycles. The Kier molecular flexibility index (Phi) is 6.06. The third kappa shape index (κ3) is 4.65. The highest BCUT2D eigenvalue weighted by Gasteiger charge is 2.21. The predicted molar refractivity (Wildman–Crippen MR) is 74.1 cm³/mol. The van der Waals surface area contributed by atoms with Gasteiger partial charge in [0, 0.05) is 23.7 Å². The fraction of sp³-hybridized carbons (Fsp3) is 0.500. The highest BCUT2D eigenvalue weighted by molar-refractivity contribution is 7.89. The van der Waals surface area contributed by atoms with E-state index < -0.39 is 10.0 Å². The first-order valence-corrected chi connectivity index (χ1v) is 7.73. The van der Waals surface area contributed by atoms with Gasteiger partial charge in [0.15, 0.2) is 0 Å². The summed E-state index contributed by atoms with van der Waals surface area (Å²) in [5.41, 5.74) is 0. The van der Waals surface area contributed by atoms with E-state index in [1.165, 1.54) is 25.3 Å². The SMILES string of the molecule is COc1cc(Cl)ccc1S(=O)(=O)NC(C)CCCO. The van der Waals surface area contributed by atoms with Crippen LogP contribution >= 0.6 is 11.6 Å². The number of hydrogen-bond acceptors (Lipinski definition) is 4. The number of aliphatic hydroxyl groups excluding tert-OH is 1. The Hall–Kier alpha value is -0.820. The monoisotopic (exact) mass is 307 g/mol. The Morgan fingerprint density at radius 1 is 1.47 bits per heavy atom. The van der Waals surface area contributed by atoms with E-state index in [4.69, 9.17) is 21.4 Å². The number of methoxy groups -OCH3 is 1. The molecule has 1 atom stereocenters. The van der Waals surface area contributed by atoms with Gasteiger partial charge in [0.1, 0.15) is 10.6 Å². The molecule has 1 aromatic carbocycles. The predicted octanol–water partition coefficient (Wildman–Crippen LogP) is 1.79. The molecule has 2 N–H and O–H groups in total. The quantitative estimate of drug-likeness (QED) is 0.805. The van der Waals surface area contributed by atoms with Crippen LogP contribution < -0.4 is 9.46 Å². The van der Waals surface area contributed by atoms with Crippen molar-refractivity contribution in [3.63, 3.8) is 0 Å². The van der Waals surface area contributed by atoms with Crippen molar-refractivity contribution in [2.75, 3.05) is 13.7 Å². The van der Waals surface area contributed by atoms with Gasteiger partial charge < -0.3 is 9.84 Å². The second-order valence-corrected chi connectivity index (χ2v) is 6.30. The number of aliphatic hydroxyl groups is 1. The summed E-state index contributed by atoms with van der Waals surface area (Å²) in [6.07, 6.45) is 1.10. The number of rotatable bonds is 7. The molecule has 0 amide bonds. The summed E-state index contributed by atoms with van der Waals surface area (Å²) in [7, 11) is -2.28. The van der Waals surface area contributed by atoms with Crippen LogP contribution in [0.5, 0.6) is 5.75 Å². The van der Waals surface area contributed by atoms with Crippen LogP contribution in [0.1, 0.15) is 19.8 Å². The second-order valence-electron chi connectivity index (χ2n) is 4.18. The van der Waals surface area contributed by atoms with Crippen molar-refractivity contribution in [1.82, 2.24) is 4.72 Å². The molecule has 5 nitrogen and oxygen atoms in total. The largest absolute Gasteiger partial charge is 0.495 e. The van der Waals surface area contributed by atoms with Crippen LogP contribution in [0.2, 0.25) is 5.02 Å². The van der Waals surface area contributed by atoms with Crippen molar-refractivity contribution in [3.8, 4) is 5.75 Å². The maximum atomic E-state index is 12.2. The Balaban J connectivity index is 2.94. The van der Waals surface area contributed by atoms with Gasteiger partial charge in [0.05, 0.1) is 7.11 Å². The first kappa shape index (κ1) is 16.2. The van der Waals surface area contributed by atoms with Crippen molar-refractivity contribution in [2.24, 2.45) is 0 Å². The van der Waals surface area contributed by atoms with E-state index in [2.05, 4.69) is 4.72 Å². The number of nitrogens with one attached hydrogen (secondary N) is 1. The van der Waals surface area contributed by atoms with E-state index in [9.17, 15) is 8.42 Å². The van der Waals surface area contributed by atoms with Gasteiger partial charge in [-0.15, -0.1) is 0 Å². The Bertz CT molecular complexity index is 518. The molecular weight excluding hydrogens is 290 g/mol. The smallest absolute Gasteiger partial charge is 0.244 e. The molecule has 0 aromatic heterocycles. The lowest BCUT2D eigenvalue weighted by Crippen LogP contribution is -2.32. The van der Waals surface area contributed by atoms with Crippen molar-refractivity contribution in [2.45, 2.75) is 30.7 Å². The van der Waals surface area contributed by atoms with Gasteiger partial charge in [-0.1, -0.05) is 11.6 Å². The van der Waals surface area contributed by atoms with Crippen LogP contribution in [0.3, 0.4) is 0 Å². The molecule has 7 heteroatoms. The Morgan fingerprint density at radius 3 is 2.74 bits per heavy atom. The normalized spacial score (nSPS) is 13.3. The summed E-state index contributed by atoms with van der Waals surface area (Å²) in [4.78, 5) is 0.0512. The number of hydrogen-bond donors (Lipinski definition) is 2. The van der Waals surface area contributed by atoms with Crippen LogP contribution in [-0.2, 0) is 10.0 Å². The van der Waals surface area contributed by atoms with Crippen LogP contribution in [-0.4, -0.2) is 33.3 Å². The van der Waals surface area contributed by atoms with Gasteiger partial charge in [0.25, 0.3) is 0 Å². The summed E-state index contributed by atoms with van der Waals surface area (Å²) in [5, 5.41) is 9.14. The average molecular weight is 308 g/mol. The first-order valence-electron chi connectivity index (χ1n) is 5.87. The van der Waals surface area contributed by atoms with Crippen molar-refractivity contribution in [3.05, 3.63) is 23.2 Å². The van der Waals surface area contributed by atoms with E-state index in [1.54, 1.807) is 6.92 Å². The minimum atomic E-state index is -3.66. The standard InChI is InChI=1S/C12H18ClNO4S/c1-9(4-3-7-15)14-19(16,17)12-6-5-10(13)8-11(12)18-2/h5-6,8-9,14-15H,3-4,7H2,1-2H3. The number of sulfonamides is 1. The summed E-state index contributed by atoms with van der Waals surface area (Å²) in [6.45, 7) is 1.78. The van der Waals surface area contributed by atoms with Gasteiger partial charge in [0.2, 0.25) is 10.0 Å². The van der Waals surface area contributed by atoms with Gasteiger partial charge in [-0.25, -0.2) is 13.1 Å². The maximum Gasteiger partial charge on any atom is 0.244 e. The van der Waals surface area contributed by atoms with Gasteiger partial charge in [-0.2, -0.15) is 0 Å². The Morgan fingerprint density at radius 2 is 2.16 bits per heavy atom. The van der Waals surface area contributed by atoms with Crippen LogP contribution in [0.15, 0.2) is 23.1 Å².